The van der Waals surface area contributed by atoms with Gasteiger partial charge in [-0.25, -0.2) is 0 Å². The predicted octanol–water partition coefficient (Wildman–Crippen LogP) is 2.99. The van der Waals surface area contributed by atoms with E-state index in [-0.39, 0.29) is 0 Å². The highest BCUT2D eigenvalue weighted by atomic mass is 16.6. The summed E-state index contributed by atoms with van der Waals surface area (Å²) in [5, 5.41) is 24.4. The van der Waals surface area contributed by atoms with Crippen LogP contribution in [-0.4, -0.2) is 38.2 Å². The van der Waals surface area contributed by atoms with Crippen molar-refractivity contribution in [3.05, 3.63) is 76.5 Å². The molecule has 2 aromatic rings. The van der Waals surface area contributed by atoms with E-state index in [1.165, 1.54) is 6.92 Å². The zero-order chi connectivity index (χ0) is 17.5. The predicted molar refractivity (Wildman–Crippen MR) is 91.2 cm³/mol. The highest BCUT2D eigenvalue weighted by molar-refractivity contribution is 6.07. The topological polar surface area (TPSA) is 66.6 Å². The summed E-state index contributed by atoms with van der Waals surface area (Å²) < 4.78 is 0.637. The molecule has 1 aliphatic heterocycles. The number of ketones is 1. The summed E-state index contributed by atoms with van der Waals surface area (Å²) in [6.45, 7) is 5.12. The summed E-state index contributed by atoms with van der Waals surface area (Å²) in [6.07, 6.45) is 0. The molecule has 0 radical (unpaired) electrons. The van der Waals surface area contributed by atoms with E-state index in [1.807, 2.05) is 31.2 Å². The van der Waals surface area contributed by atoms with Crippen LogP contribution in [0.4, 0.5) is 0 Å². The highest BCUT2D eigenvalue weighted by Crippen LogP contribution is 2.31. The molecule has 0 aromatic heterocycles. The quantitative estimate of drug-likeness (QED) is 0.535. The van der Waals surface area contributed by atoms with E-state index < -0.39 is 17.5 Å². The van der Waals surface area contributed by atoms with Gasteiger partial charge in [-0.1, -0.05) is 48.0 Å². The van der Waals surface area contributed by atoms with E-state index in [0.29, 0.717) is 21.6 Å². The third-order valence-electron chi connectivity index (χ3n) is 4.64. The minimum atomic E-state index is -1.69. The molecule has 5 heteroatoms. The number of nitrogens with zero attached hydrogens (tertiary/aromatic N) is 2. The first kappa shape index (κ1) is 16.4. The first-order valence-electron chi connectivity index (χ1n) is 7.86. The number of hydroxylamine groups is 3. The molecule has 1 N–H and O–H groups in total. The Bertz CT molecular complexity index is 799. The van der Waals surface area contributed by atoms with Crippen molar-refractivity contribution < 1.29 is 14.7 Å². The number of benzene rings is 2. The van der Waals surface area contributed by atoms with E-state index >= 15 is 0 Å². The molecule has 124 valence electrons. The van der Waals surface area contributed by atoms with Crippen molar-refractivity contribution in [3.63, 3.8) is 0 Å². The Balaban J connectivity index is 2.11. The molecule has 1 aliphatic rings. The van der Waals surface area contributed by atoms with Crippen molar-refractivity contribution in [1.82, 2.24) is 5.06 Å². The number of carbonyl (C=O) groups excluding carboxylic acids is 1. The second-order valence-corrected chi connectivity index (χ2v) is 6.28. The van der Waals surface area contributed by atoms with E-state index in [9.17, 15) is 15.2 Å². The summed E-state index contributed by atoms with van der Waals surface area (Å²) in [5.74, 6) is -0.436. The SMILES string of the molecule is Cc1ccc(C2=[N+]([O-])[C@@](C)(C(=O)c3ccccc3)N(O)[C@H]2C)cc1. The van der Waals surface area contributed by atoms with Gasteiger partial charge in [0, 0.05) is 18.1 Å². The van der Waals surface area contributed by atoms with Crippen LogP contribution in [0.15, 0.2) is 54.6 Å². The monoisotopic (exact) mass is 324 g/mol. The fourth-order valence-corrected chi connectivity index (χ4v) is 3.13. The van der Waals surface area contributed by atoms with Crippen molar-refractivity contribution >= 4 is 11.5 Å². The molecule has 0 unspecified atom stereocenters. The van der Waals surface area contributed by atoms with Gasteiger partial charge in [-0.2, -0.15) is 4.74 Å². The van der Waals surface area contributed by atoms with Crippen molar-refractivity contribution in [1.29, 1.82) is 0 Å². The number of aryl methyl sites for hydroxylation is 1. The molecule has 0 aliphatic carbocycles. The van der Waals surface area contributed by atoms with Crippen LogP contribution in [0.3, 0.4) is 0 Å². The largest absolute Gasteiger partial charge is 0.622 e. The van der Waals surface area contributed by atoms with Crippen molar-refractivity contribution in [2.24, 2.45) is 0 Å². The zero-order valence-corrected chi connectivity index (χ0v) is 13.9. The Labute approximate surface area is 141 Å². The number of carbonyl (C=O) groups is 1. The lowest BCUT2D eigenvalue weighted by molar-refractivity contribution is -0.561. The average Bonchev–Trinajstić information content (AvgIpc) is 2.78. The summed E-state index contributed by atoms with van der Waals surface area (Å²) in [5.41, 5.74) is 0.848. The minimum Gasteiger partial charge on any atom is -0.622 e. The van der Waals surface area contributed by atoms with E-state index in [4.69, 9.17) is 0 Å². The van der Waals surface area contributed by atoms with Crippen LogP contribution in [0.5, 0.6) is 0 Å². The van der Waals surface area contributed by atoms with Crippen molar-refractivity contribution in [3.8, 4) is 0 Å². The fourth-order valence-electron chi connectivity index (χ4n) is 3.13. The van der Waals surface area contributed by atoms with Gasteiger partial charge in [0.2, 0.25) is 5.71 Å². The Kier molecular flexibility index (Phi) is 3.99. The molecule has 2 atom stereocenters. The third kappa shape index (κ3) is 2.33. The Hall–Kier alpha value is -2.50. The molecular weight excluding hydrogens is 304 g/mol. The molecule has 24 heavy (non-hydrogen) atoms. The van der Waals surface area contributed by atoms with Gasteiger partial charge in [-0.3, -0.25) is 4.79 Å². The molecule has 0 bridgehead atoms. The lowest BCUT2D eigenvalue weighted by Gasteiger charge is -2.27. The Morgan fingerprint density at radius 2 is 1.75 bits per heavy atom. The molecular formula is C19H20N2O3. The molecule has 5 nitrogen and oxygen atoms in total. The van der Waals surface area contributed by atoms with Gasteiger partial charge >= 0.3 is 5.66 Å². The number of hydrogen-bond donors (Lipinski definition) is 1. The molecule has 0 saturated carbocycles. The van der Waals surface area contributed by atoms with Gasteiger partial charge in [-0.15, -0.1) is 5.06 Å². The second kappa shape index (κ2) is 5.85. The van der Waals surface area contributed by atoms with E-state index in [1.54, 1.807) is 37.3 Å². The van der Waals surface area contributed by atoms with Crippen LogP contribution in [0.2, 0.25) is 0 Å². The second-order valence-electron chi connectivity index (χ2n) is 6.28. The maximum absolute atomic E-state index is 13.0. The highest BCUT2D eigenvalue weighted by Gasteiger charge is 2.58. The van der Waals surface area contributed by atoms with Crippen LogP contribution in [-0.2, 0) is 0 Å². The first-order chi connectivity index (χ1) is 11.4. The minimum absolute atomic E-state index is 0.379. The van der Waals surface area contributed by atoms with Crippen LogP contribution in [0, 0.1) is 12.1 Å². The van der Waals surface area contributed by atoms with Gasteiger partial charge in [0.1, 0.15) is 6.04 Å². The smallest absolute Gasteiger partial charge is 0.312 e. The standard InChI is InChI=1S/C19H20N2O3/c1-13-9-11-15(12-10-13)17-14(2)20(23)19(3,21(17)24)18(22)16-7-5-4-6-8-16/h4-12,14,23H,1-3H3/t14-,19-/m0/s1. The maximum Gasteiger partial charge on any atom is 0.312 e. The van der Waals surface area contributed by atoms with Crippen LogP contribution >= 0.6 is 0 Å². The fraction of sp³-hybridized carbons (Fsp3) is 0.263. The lowest BCUT2D eigenvalue weighted by atomic mass is 10.00. The molecule has 3 rings (SSSR count). The van der Waals surface area contributed by atoms with Gasteiger partial charge in [-0.05, 0) is 26.0 Å². The Morgan fingerprint density at radius 1 is 1.17 bits per heavy atom. The molecule has 1 heterocycles. The molecule has 0 amide bonds. The zero-order valence-electron chi connectivity index (χ0n) is 13.9. The number of rotatable bonds is 3. The van der Waals surface area contributed by atoms with E-state index in [0.717, 1.165) is 10.6 Å². The van der Waals surface area contributed by atoms with Crippen LogP contribution in [0.1, 0.15) is 35.3 Å². The summed E-state index contributed by atoms with van der Waals surface area (Å²) in [4.78, 5) is 12.9. The number of hydrogen-bond acceptors (Lipinski definition) is 4. The van der Waals surface area contributed by atoms with Crippen LogP contribution in [0.25, 0.3) is 0 Å². The van der Waals surface area contributed by atoms with Gasteiger partial charge in [0.25, 0.3) is 5.78 Å². The third-order valence-corrected chi connectivity index (χ3v) is 4.64. The van der Waals surface area contributed by atoms with Gasteiger partial charge in [0.15, 0.2) is 0 Å². The van der Waals surface area contributed by atoms with Crippen molar-refractivity contribution in [2.45, 2.75) is 32.5 Å². The van der Waals surface area contributed by atoms with Gasteiger partial charge < -0.3 is 10.4 Å². The molecule has 0 spiro atoms. The first-order valence-corrected chi connectivity index (χ1v) is 7.86. The van der Waals surface area contributed by atoms with Gasteiger partial charge in [0.05, 0.1) is 0 Å². The maximum atomic E-state index is 13.0. The molecule has 0 saturated heterocycles. The normalized spacial score (nSPS) is 24.4. The van der Waals surface area contributed by atoms with Crippen molar-refractivity contribution in [2.75, 3.05) is 0 Å². The average molecular weight is 324 g/mol. The summed E-state index contributed by atoms with van der Waals surface area (Å²) in [7, 11) is 0. The Morgan fingerprint density at radius 3 is 2.33 bits per heavy atom. The molecule has 2 aromatic carbocycles. The summed E-state index contributed by atoms with van der Waals surface area (Å²) in [6, 6.07) is 15.4. The lowest BCUT2D eigenvalue weighted by Crippen LogP contribution is -2.54. The summed E-state index contributed by atoms with van der Waals surface area (Å²) >= 11 is 0. The number of Topliss-reactive ketones (excluding diaryl/α,β-unsaturated/α-hetero) is 1. The van der Waals surface area contributed by atoms with Crippen LogP contribution < -0.4 is 0 Å². The molecule has 0 fully saturated rings. The van der Waals surface area contributed by atoms with E-state index in [2.05, 4.69) is 0 Å².